The topological polar surface area (TPSA) is 84.5 Å². The summed E-state index contributed by atoms with van der Waals surface area (Å²) in [6.45, 7) is 6.50. The SMILES string of the molecule is COCC(C)(C)OC(=O)NNc1sc(C2=CC=CNC2)nc1C. The first-order valence-corrected chi connectivity index (χ1v) is 8.04. The number of rotatable bonds is 6. The van der Waals surface area contributed by atoms with Crippen molar-refractivity contribution in [1.29, 1.82) is 0 Å². The molecule has 1 amide bonds. The van der Waals surface area contributed by atoms with Gasteiger partial charge in [0.15, 0.2) is 0 Å². The molecule has 0 unspecified atom stereocenters. The Kier molecular flexibility index (Phi) is 5.62. The molecule has 0 saturated carbocycles. The number of hydrogen-bond acceptors (Lipinski definition) is 7. The van der Waals surface area contributed by atoms with Crippen LogP contribution in [-0.2, 0) is 9.47 Å². The van der Waals surface area contributed by atoms with Gasteiger partial charge >= 0.3 is 6.09 Å². The molecule has 0 saturated heterocycles. The molecule has 1 aliphatic heterocycles. The Morgan fingerprint density at radius 3 is 2.96 bits per heavy atom. The summed E-state index contributed by atoms with van der Waals surface area (Å²) in [5.74, 6) is 0. The summed E-state index contributed by atoms with van der Waals surface area (Å²) in [6.07, 6.45) is 5.29. The van der Waals surface area contributed by atoms with Crippen molar-refractivity contribution in [2.75, 3.05) is 25.7 Å². The molecular weight excluding hydrogens is 316 g/mol. The van der Waals surface area contributed by atoms with Gasteiger partial charge in [-0.2, -0.15) is 0 Å². The molecule has 0 radical (unpaired) electrons. The number of carbonyl (C=O) groups excluding carboxylic acids is 1. The summed E-state index contributed by atoms with van der Waals surface area (Å²) in [5, 5.41) is 4.83. The number of amides is 1. The first-order valence-electron chi connectivity index (χ1n) is 7.22. The van der Waals surface area contributed by atoms with Crippen LogP contribution in [0.1, 0.15) is 24.5 Å². The molecule has 7 nitrogen and oxygen atoms in total. The number of nitrogens with zero attached hydrogens (tertiary/aromatic N) is 1. The van der Waals surface area contributed by atoms with Gasteiger partial charge in [-0.15, -0.1) is 0 Å². The number of dihydropyridines is 1. The van der Waals surface area contributed by atoms with E-state index in [1.54, 1.807) is 21.0 Å². The highest BCUT2D eigenvalue weighted by Gasteiger charge is 2.23. The maximum atomic E-state index is 11.8. The van der Waals surface area contributed by atoms with E-state index in [4.69, 9.17) is 9.47 Å². The van der Waals surface area contributed by atoms with Crippen LogP contribution >= 0.6 is 11.3 Å². The Balaban J connectivity index is 1.93. The van der Waals surface area contributed by atoms with Gasteiger partial charge in [-0.05, 0) is 33.0 Å². The predicted octanol–water partition coefficient (Wildman–Crippen LogP) is 2.43. The van der Waals surface area contributed by atoms with E-state index in [9.17, 15) is 4.79 Å². The van der Waals surface area contributed by atoms with E-state index in [1.165, 1.54) is 11.3 Å². The number of nitrogens with one attached hydrogen (secondary N) is 3. The van der Waals surface area contributed by atoms with Crippen LogP contribution in [0, 0.1) is 6.92 Å². The van der Waals surface area contributed by atoms with Crippen molar-refractivity contribution in [2.45, 2.75) is 26.4 Å². The minimum atomic E-state index is -0.695. The van der Waals surface area contributed by atoms with Crippen molar-refractivity contribution in [2.24, 2.45) is 0 Å². The van der Waals surface area contributed by atoms with E-state index in [0.717, 1.165) is 27.8 Å². The number of hydrazine groups is 1. The average Bonchev–Trinajstić information content (AvgIpc) is 2.87. The molecule has 126 valence electrons. The second kappa shape index (κ2) is 7.47. The lowest BCUT2D eigenvalue weighted by Crippen LogP contribution is -2.39. The lowest BCUT2D eigenvalue weighted by Gasteiger charge is -2.24. The van der Waals surface area contributed by atoms with Crippen LogP contribution in [0.5, 0.6) is 0 Å². The Morgan fingerprint density at radius 1 is 1.52 bits per heavy atom. The van der Waals surface area contributed by atoms with Crippen LogP contribution in [0.25, 0.3) is 5.57 Å². The Hall–Kier alpha value is -2.06. The third-order valence-corrected chi connectivity index (χ3v) is 4.16. The van der Waals surface area contributed by atoms with Gasteiger partial charge in [0.05, 0.1) is 12.3 Å². The number of carbonyl (C=O) groups is 1. The number of allylic oxidation sites excluding steroid dienone is 2. The maximum absolute atomic E-state index is 11.8. The van der Waals surface area contributed by atoms with Gasteiger partial charge < -0.3 is 14.8 Å². The van der Waals surface area contributed by atoms with Crippen molar-refractivity contribution in [3.05, 3.63) is 29.1 Å². The maximum Gasteiger partial charge on any atom is 0.426 e. The molecule has 0 atom stereocenters. The third kappa shape index (κ3) is 4.97. The first-order chi connectivity index (χ1) is 10.9. The highest BCUT2D eigenvalue weighted by atomic mass is 32.1. The monoisotopic (exact) mass is 338 g/mol. The van der Waals surface area contributed by atoms with Gasteiger partial charge in [-0.25, -0.2) is 15.2 Å². The molecule has 0 spiro atoms. The largest absolute Gasteiger partial charge is 0.440 e. The molecule has 2 rings (SSSR count). The molecule has 1 aromatic rings. The summed E-state index contributed by atoms with van der Waals surface area (Å²) in [7, 11) is 1.56. The van der Waals surface area contributed by atoms with Gasteiger partial charge in [0, 0.05) is 19.2 Å². The summed E-state index contributed by atoms with van der Waals surface area (Å²) in [4.78, 5) is 16.3. The fraction of sp³-hybridized carbons (Fsp3) is 0.467. The number of ether oxygens (including phenoxy) is 2. The van der Waals surface area contributed by atoms with Gasteiger partial charge in [-0.1, -0.05) is 17.4 Å². The molecule has 0 bridgehead atoms. The summed E-state index contributed by atoms with van der Waals surface area (Å²) < 4.78 is 10.3. The Labute approximate surface area is 139 Å². The van der Waals surface area contributed by atoms with Crippen molar-refractivity contribution < 1.29 is 14.3 Å². The van der Waals surface area contributed by atoms with E-state index < -0.39 is 11.7 Å². The summed E-state index contributed by atoms with van der Waals surface area (Å²) in [6, 6.07) is 0. The molecule has 1 aromatic heterocycles. The zero-order valence-electron chi connectivity index (χ0n) is 13.7. The normalized spacial score (nSPS) is 14.0. The minimum absolute atomic E-state index is 0.318. The van der Waals surface area contributed by atoms with Crippen LogP contribution < -0.4 is 16.2 Å². The molecule has 0 aliphatic carbocycles. The number of anilines is 1. The van der Waals surface area contributed by atoms with Crippen LogP contribution in [0.3, 0.4) is 0 Å². The molecular formula is C15H22N4O3S. The van der Waals surface area contributed by atoms with E-state index >= 15 is 0 Å². The predicted molar refractivity (Wildman–Crippen MR) is 91.2 cm³/mol. The fourth-order valence-electron chi connectivity index (χ4n) is 2.02. The number of aromatic nitrogens is 1. The lowest BCUT2D eigenvalue weighted by molar-refractivity contribution is -0.0175. The van der Waals surface area contributed by atoms with E-state index in [2.05, 4.69) is 21.2 Å². The summed E-state index contributed by atoms with van der Waals surface area (Å²) >= 11 is 1.48. The van der Waals surface area contributed by atoms with Gasteiger partial charge in [-0.3, -0.25) is 5.43 Å². The minimum Gasteiger partial charge on any atom is -0.440 e. The number of aryl methyl sites for hydroxylation is 1. The number of thiazole rings is 1. The molecule has 3 N–H and O–H groups in total. The molecule has 0 aromatic carbocycles. The van der Waals surface area contributed by atoms with Gasteiger partial charge in [0.1, 0.15) is 15.6 Å². The Morgan fingerprint density at radius 2 is 2.30 bits per heavy atom. The van der Waals surface area contributed by atoms with E-state index in [0.29, 0.717) is 6.61 Å². The highest BCUT2D eigenvalue weighted by Crippen LogP contribution is 2.28. The van der Waals surface area contributed by atoms with Crippen LogP contribution in [-0.4, -0.2) is 36.9 Å². The summed E-state index contributed by atoms with van der Waals surface area (Å²) in [5.41, 5.74) is 6.62. The molecule has 8 heteroatoms. The van der Waals surface area contributed by atoms with E-state index in [-0.39, 0.29) is 0 Å². The Bertz CT molecular complexity index is 622. The zero-order valence-corrected chi connectivity index (χ0v) is 14.5. The smallest absolute Gasteiger partial charge is 0.426 e. The van der Waals surface area contributed by atoms with Crippen LogP contribution in [0.4, 0.5) is 9.80 Å². The average molecular weight is 338 g/mol. The highest BCUT2D eigenvalue weighted by molar-refractivity contribution is 7.16. The first kappa shape index (κ1) is 17.3. The number of hydrogen-bond donors (Lipinski definition) is 3. The van der Waals surface area contributed by atoms with Crippen molar-refractivity contribution in [3.63, 3.8) is 0 Å². The van der Waals surface area contributed by atoms with Crippen molar-refractivity contribution >= 4 is 28.0 Å². The van der Waals surface area contributed by atoms with Crippen molar-refractivity contribution in [3.8, 4) is 0 Å². The molecule has 2 heterocycles. The standard InChI is InChI=1S/C15H22N4O3S/c1-10-12(18-19-14(20)22-15(2,3)9-21-4)23-13(17-10)11-6-5-7-16-8-11/h5-7,16,18H,8-9H2,1-4H3,(H,19,20). The molecule has 23 heavy (non-hydrogen) atoms. The molecule has 1 aliphatic rings. The van der Waals surface area contributed by atoms with Gasteiger partial charge in [0.25, 0.3) is 0 Å². The zero-order chi connectivity index (χ0) is 16.9. The second-order valence-corrected chi connectivity index (χ2v) is 6.70. The quantitative estimate of drug-likeness (QED) is 0.691. The van der Waals surface area contributed by atoms with Crippen molar-refractivity contribution in [1.82, 2.24) is 15.7 Å². The molecule has 0 fully saturated rings. The van der Waals surface area contributed by atoms with Gasteiger partial charge in [0.2, 0.25) is 0 Å². The van der Waals surface area contributed by atoms with Crippen LogP contribution in [0.2, 0.25) is 0 Å². The fourth-order valence-corrected chi connectivity index (χ4v) is 2.96. The third-order valence-electron chi connectivity index (χ3n) is 3.01. The second-order valence-electron chi connectivity index (χ2n) is 5.70. The number of methoxy groups -OCH3 is 1. The lowest BCUT2D eigenvalue weighted by atomic mass is 10.1. The van der Waals surface area contributed by atoms with E-state index in [1.807, 2.05) is 25.3 Å². The van der Waals surface area contributed by atoms with Crippen LogP contribution in [0.15, 0.2) is 18.4 Å².